The summed E-state index contributed by atoms with van der Waals surface area (Å²) < 4.78 is 0. The molecule has 1 rings (SSSR count). The number of nitrogens with zero attached hydrogens (tertiary/aromatic N) is 3. The lowest BCUT2D eigenvalue weighted by atomic mass is 10.1. The first-order valence-electron chi connectivity index (χ1n) is 4.11. The third kappa shape index (κ3) is 2.21. The molecule has 0 aliphatic carbocycles. The molecule has 4 nitrogen and oxygen atoms in total. The van der Waals surface area contributed by atoms with Gasteiger partial charge in [-0.05, 0) is 17.5 Å². The zero-order chi connectivity index (χ0) is 9.68. The third-order valence-corrected chi connectivity index (χ3v) is 1.83. The van der Waals surface area contributed by atoms with Gasteiger partial charge in [0.25, 0.3) is 0 Å². The molecular weight excluding hydrogens is 166 g/mol. The van der Waals surface area contributed by atoms with Gasteiger partial charge in [0.05, 0.1) is 6.10 Å². The number of hydrogen-bond donors (Lipinski definition) is 1. The minimum absolute atomic E-state index is 0.499. The summed E-state index contributed by atoms with van der Waals surface area (Å²) in [6.45, 7) is 1.87. The Morgan fingerprint density at radius 2 is 2.23 bits per heavy atom. The van der Waals surface area contributed by atoms with E-state index in [2.05, 4.69) is 10.0 Å². The fourth-order valence-corrected chi connectivity index (χ4v) is 1.13. The SMILES string of the molecule is CCC(O)c1ccccc1N=[N+]=[N-]. The maximum Gasteiger partial charge on any atom is 0.0791 e. The van der Waals surface area contributed by atoms with Gasteiger partial charge in [0.1, 0.15) is 0 Å². The van der Waals surface area contributed by atoms with Crippen molar-refractivity contribution in [2.45, 2.75) is 19.4 Å². The second-order valence-corrected chi connectivity index (χ2v) is 2.67. The van der Waals surface area contributed by atoms with Crippen molar-refractivity contribution in [2.24, 2.45) is 5.11 Å². The number of hydrogen-bond acceptors (Lipinski definition) is 2. The molecule has 0 bridgehead atoms. The molecule has 0 aromatic heterocycles. The maximum absolute atomic E-state index is 9.55. The smallest absolute Gasteiger partial charge is 0.0791 e. The Balaban J connectivity index is 3.11. The number of aliphatic hydroxyl groups is 1. The molecule has 68 valence electrons. The second kappa shape index (κ2) is 4.50. The van der Waals surface area contributed by atoms with Crippen molar-refractivity contribution in [1.82, 2.24) is 0 Å². The van der Waals surface area contributed by atoms with E-state index in [9.17, 15) is 5.11 Å². The van der Waals surface area contributed by atoms with E-state index in [-0.39, 0.29) is 0 Å². The van der Waals surface area contributed by atoms with E-state index < -0.39 is 6.10 Å². The fourth-order valence-electron chi connectivity index (χ4n) is 1.13. The molecule has 0 aliphatic rings. The molecule has 1 unspecified atom stereocenters. The molecule has 4 heteroatoms. The van der Waals surface area contributed by atoms with Gasteiger partial charge in [-0.3, -0.25) is 0 Å². The van der Waals surface area contributed by atoms with Crippen LogP contribution in [0.25, 0.3) is 10.4 Å². The molecule has 0 aliphatic heterocycles. The van der Waals surface area contributed by atoms with Crippen LogP contribution in [0.5, 0.6) is 0 Å². The van der Waals surface area contributed by atoms with E-state index in [1.807, 2.05) is 13.0 Å². The normalized spacial score (nSPS) is 11.8. The van der Waals surface area contributed by atoms with E-state index >= 15 is 0 Å². The number of rotatable bonds is 3. The summed E-state index contributed by atoms with van der Waals surface area (Å²) in [5, 5.41) is 13.0. The summed E-state index contributed by atoms with van der Waals surface area (Å²) in [5.41, 5.74) is 9.46. The monoisotopic (exact) mass is 177 g/mol. The van der Waals surface area contributed by atoms with Crippen LogP contribution >= 0.6 is 0 Å². The minimum Gasteiger partial charge on any atom is -0.388 e. The van der Waals surface area contributed by atoms with E-state index in [1.54, 1.807) is 18.2 Å². The van der Waals surface area contributed by atoms with Gasteiger partial charge >= 0.3 is 0 Å². The van der Waals surface area contributed by atoms with Gasteiger partial charge in [-0.1, -0.05) is 36.3 Å². The van der Waals surface area contributed by atoms with Gasteiger partial charge < -0.3 is 5.11 Å². The quantitative estimate of drug-likeness (QED) is 0.430. The van der Waals surface area contributed by atoms with E-state index in [1.165, 1.54) is 0 Å². The molecule has 0 radical (unpaired) electrons. The molecule has 1 aromatic rings. The molecule has 1 aromatic carbocycles. The van der Waals surface area contributed by atoms with Crippen molar-refractivity contribution in [1.29, 1.82) is 0 Å². The summed E-state index contributed by atoms with van der Waals surface area (Å²) in [6.07, 6.45) is 0.0551. The first kappa shape index (κ1) is 9.58. The van der Waals surface area contributed by atoms with Crippen LogP contribution < -0.4 is 0 Å². The van der Waals surface area contributed by atoms with Gasteiger partial charge in [0, 0.05) is 10.6 Å². The van der Waals surface area contributed by atoms with Crippen LogP contribution in [-0.2, 0) is 0 Å². The Kier molecular flexibility index (Phi) is 3.31. The molecule has 0 heterocycles. The first-order chi connectivity index (χ1) is 6.29. The highest BCUT2D eigenvalue weighted by Gasteiger charge is 2.07. The summed E-state index contributed by atoms with van der Waals surface area (Å²) in [7, 11) is 0. The number of azide groups is 1. The van der Waals surface area contributed by atoms with Crippen LogP contribution in [0.15, 0.2) is 29.4 Å². The Hall–Kier alpha value is -1.51. The minimum atomic E-state index is -0.554. The molecule has 0 amide bonds. The van der Waals surface area contributed by atoms with Crippen LogP contribution in [0.1, 0.15) is 25.0 Å². The van der Waals surface area contributed by atoms with Gasteiger partial charge in [-0.15, -0.1) is 0 Å². The van der Waals surface area contributed by atoms with Gasteiger partial charge in [-0.25, -0.2) is 0 Å². The van der Waals surface area contributed by atoms with Crippen LogP contribution in [0, 0.1) is 0 Å². The standard InChI is InChI=1S/C9H11N3O/c1-2-9(13)7-5-3-4-6-8(7)11-12-10/h3-6,9,13H,2H2,1H3. The Labute approximate surface area is 76.5 Å². The highest BCUT2D eigenvalue weighted by Crippen LogP contribution is 2.26. The Morgan fingerprint density at radius 3 is 2.85 bits per heavy atom. The predicted molar refractivity (Wildman–Crippen MR) is 50.5 cm³/mol. The lowest BCUT2D eigenvalue weighted by Crippen LogP contribution is -1.94. The fraction of sp³-hybridized carbons (Fsp3) is 0.333. The largest absolute Gasteiger partial charge is 0.388 e. The van der Waals surface area contributed by atoms with Crippen molar-refractivity contribution < 1.29 is 5.11 Å². The van der Waals surface area contributed by atoms with Gasteiger partial charge in [0.2, 0.25) is 0 Å². The maximum atomic E-state index is 9.55. The summed E-state index contributed by atoms with van der Waals surface area (Å²) in [6, 6.07) is 7.03. The topological polar surface area (TPSA) is 69.0 Å². The molecule has 0 saturated heterocycles. The highest BCUT2D eigenvalue weighted by atomic mass is 16.3. The van der Waals surface area contributed by atoms with Crippen molar-refractivity contribution in [2.75, 3.05) is 0 Å². The van der Waals surface area contributed by atoms with Gasteiger partial charge in [0.15, 0.2) is 0 Å². The summed E-state index contributed by atoms with van der Waals surface area (Å²) in [5.74, 6) is 0. The predicted octanol–water partition coefficient (Wildman–Crippen LogP) is 3.07. The van der Waals surface area contributed by atoms with E-state index in [0.717, 1.165) is 0 Å². The zero-order valence-corrected chi connectivity index (χ0v) is 7.38. The van der Waals surface area contributed by atoms with Crippen molar-refractivity contribution in [3.63, 3.8) is 0 Å². The molecule has 1 atom stereocenters. The number of aliphatic hydroxyl groups excluding tert-OH is 1. The average Bonchev–Trinajstić information content (AvgIpc) is 2.18. The molecule has 0 spiro atoms. The first-order valence-corrected chi connectivity index (χ1v) is 4.11. The molecule has 0 fully saturated rings. The van der Waals surface area contributed by atoms with E-state index in [4.69, 9.17) is 5.53 Å². The van der Waals surface area contributed by atoms with Crippen molar-refractivity contribution in [3.8, 4) is 0 Å². The van der Waals surface area contributed by atoms with Crippen LogP contribution in [-0.4, -0.2) is 5.11 Å². The van der Waals surface area contributed by atoms with E-state index in [0.29, 0.717) is 17.7 Å². The third-order valence-electron chi connectivity index (χ3n) is 1.83. The Bertz CT molecular complexity index is 331. The lowest BCUT2D eigenvalue weighted by Gasteiger charge is -2.09. The van der Waals surface area contributed by atoms with Crippen molar-refractivity contribution >= 4 is 5.69 Å². The second-order valence-electron chi connectivity index (χ2n) is 2.67. The average molecular weight is 177 g/mol. The summed E-state index contributed by atoms with van der Waals surface area (Å²) in [4.78, 5) is 2.70. The van der Waals surface area contributed by atoms with Gasteiger partial charge in [-0.2, -0.15) is 0 Å². The zero-order valence-electron chi connectivity index (χ0n) is 7.38. The van der Waals surface area contributed by atoms with Crippen LogP contribution in [0.4, 0.5) is 5.69 Å². The molecule has 13 heavy (non-hydrogen) atoms. The summed E-state index contributed by atoms with van der Waals surface area (Å²) >= 11 is 0. The lowest BCUT2D eigenvalue weighted by molar-refractivity contribution is 0.174. The van der Waals surface area contributed by atoms with Crippen molar-refractivity contribution in [3.05, 3.63) is 40.3 Å². The number of benzene rings is 1. The van der Waals surface area contributed by atoms with Crippen LogP contribution in [0.3, 0.4) is 0 Å². The highest BCUT2D eigenvalue weighted by molar-refractivity contribution is 5.46. The Morgan fingerprint density at radius 1 is 1.54 bits per heavy atom. The molecule has 0 saturated carbocycles. The molecule has 1 N–H and O–H groups in total. The van der Waals surface area contributed by atoms with Crippen LogP contribution in [0.2, 0.25) is 0 Å². The molecular formula is C9H11N3O.